The first-order chi connectivity index (χ1) is 14.0. The first kappa shape index (κ1) is 22.7. The van der Waals surface area contributed by atoms with Crippen LogP contribution in [0.3, 0.4) is 0 Å². The molecule has 0 spiro atoms. The molecule has 3 rings (SSSR count). The highest BCUT2D eigenvalue weighted by molar-refractivity contribution is 9.10. The number of hydrogen-bond donors (Lipinski definition) is 1. The largest absolute Gasteiger partial charge is 0.375 e. The van der Waals surface area contributed by atoms with Crippen LogP contribution in [0.15, 0.2) is 22.7 Å². The van der Waals surface area contributed by atoms with Crippen molar-refractivity contribution in [2.75, 3.05) is 33.4 Å². The number of carbonyl (C=O) groups is 1. The minimum atomic E-state index is -0.145. The van der Waals surface area contributed by atoms with Crippen LogP contribution in [-0.2, 0) is 16.0 Å². The zero-order valence-corrected chi connectivity index (χ0v) is 19.1. The summed E-state index contributed by atoms with van der Waals surface area (Å²) in [5.74, 6) is 1.29. The molecule has 162 valence electrons. The number of amides is 1. The zero-order valence-electron chi connectivity index (χ0n) is 17.5. The van der Waals surface area contributed by atoms with Crippen molar-refractivity contribution < 1.29 is 13.9 Å². The third-order valence-corrected chi connectivity index (χ3v) is 7.34. The quantitative estimate of drug-likeness (QED) is 0.607. The molecule has 1 aromatic carbocycles. The summed E-state index contributed by atoms with van der Waals surface area (Å²) in [4.78, 5) is 14.2. The van der Waals surface area contributed by atoms with Gasteiger partial charge in [0.15, 0.2) is 0 Å². The molecule has 2 fully saturated rings. The average Bonchev–Trinajstić information content (AvgIpc) is 2.71. The van der Waals surface area contributed by atoms with Crippen molar-refractivity contribution in [2.45, 2.75) is 57.4 Å². The van der Waals surface area contributed by atoms with Crippen LogP contribution in [0.5, 0.6) is 0 Å². The van der Waals surface area contributed by atoms with Crippen LogP contribution in [-0.4, -0.2) is 50.2 Å². The van der Waals surface area contributed by atoms with Crippen LogP contribution in [0.2, 0.25) is 0 Å². The van der Waals surface area contributed by atoms with Gasteiger partial charge in [0.2, 0.25) is 5.91 Å². The second kappa shape index (κ2) is 11.4. The number of ether oxygens (including phenoxy) is 1. The van der Waals surface area contributed by atoms with Gasteiger partial charge in [0.05, 0.1) is 0 Å². The van der Waals surface area contributed by atoms with Gasteiger partial charge in [-0.05, 0) is 107 Å². The van der Waals surface area contributed by atoms with Crippen molar-refractivity contribution in [2.24, 2.45) is 11.8 Å². The van der Waals surface area contributed by atoms with E-state index < -0.39 is 0 Å². The average molecular weight is 469 g/mol. The normalized spacial score (nSPS) is 23.8. The molecule has 4 nitrogen and oxygen atoms in total. The van der Waals surface area contributed by atoms with E-state index in [-0.39, 0.29) is 18.3 Å². The Morgan fingerprint density at radius 3 is 2.59 bits per heavy atom. The van der Waals surface area contributed by atoms with Crippen molar-refractivity contribution in [3.05, 3.63) is 34.1 Å². The van der Waals surface area contributed by atoms with E-state index in [1.54, 1.807) is 13.2 Å². The lowest BCUT2D eigenvalue weighted by Gasteiger charge is -2.34. The summed E-state index contributed by atoms with van der Waals surface area (Å²) in [6, 6.07) is 5.32. The van der Waals surface area contributed by atoms with Gasteiger partial charge in [-0.2, -0.15) is 0 Å². The molecule has 0 atom stereocenters. The van der Waals surface area contributed by atoms with Crippen LogP contribution in [0, 0.1) is 17.7 Å². The Labute approximate surface area is 182 Å². The molecule has 2 aliphatic rings. The van der Waals surface area contributed by atoms with E-state index in [0.717, 1.165) is 48.3 Å². The molecule has 0 radical (unpaired) electrons. The standard InChI is InChI=1S/C23H34BrFN2O2/c1-29-16-23(28)26-21-5-2-17(3-6-21)8-11-27-12-9-18(10-13-27)14-19-15-20(25)4-7-22(19)24/h4,7,15,17-18,21H,2-3,5-6,8-14,16H2,1H3,(H,26,28)/t17-,21-. The van der Waals surface area contributed by atoms with E-state index in [0.29, 0.717) is 12.0 Å². The fourth-order valence-electron chi connectivity index (χ4n) is 4.79. The maximum atomic E-state index is 13.5. The van der Waals surface area contributed by atoms with E-state index in [1.165, 1.54) is 44.7 Å². The van der Waals surface area contributed by atoms with Crippen LogP contribution in [0.4, 0.5) is 4.39 Å². The Balaban J connectivity index is 1.31. The number of benzene rings is 1. The van der Waals surface area contributed by atoms with E-state index in [9.17, 15) is 9.18 Å². The van der Waals surface area contributed by atoms with Gasteiger partial charge in [0.25, 0.3) is 0 Å². The van der Waals surface area contributed by atoms with Crippen LogP contribution in [0.1, 0.15) is 50.5 Å². The first-order valence-corrected chi connectivity index (χ1v) is 11.8. The number of hydrogen-bond acceptors (Lipinski definition) is 3. The minimum absolute atomic E-state index is 0.00379. The summed E-state index contributed by atoms with van der Waals surface area (Å²) in [6.45, 7) is 3.65. The fourth-order valence-corrected chi connectivity index (χ4v) is 5.19. The van der Waals surface area contributed by atoms with Gasteiger partial charge in [-0.15, -0.1) is 0 Å². The summed E-state index contributed by atoms with van der Waals surface area (Å²) < 4.78 is 19.4. The molecule has 1 aliphatic heterocycles. The highest BCUT2D eigenvalue weighted by Crippen LogP contribution is 2.29. The number of likely N-dealkylation sites (tertiary alicyclic amines) is 1. The van der Waals surface area contributed by atoms with Crippen molar-refractivity contribution in [3.63, 3.8) is 0 Å². The molecule has 1 heterocycles. The summed E-state index contributed by atoms with van der Waals surface area (Å²) in [6.07, 6.45) is 9.21. The van der Waals surface area contributed by atoms with Gasteiger partial charge in [-0.3, -0.25) is 4.79 Å². The monoisotopic (exact) mass is 468 g/mol. The fraction of sp³-hybridized carbons (Fsp3) is 0.696. The van der Waals surface area contributed by atoms with Crippen LogP contribution in [0.25, 0.3) is 0 Å². The maximum absolute atomic E-state index is 13.5. The Morgan fingerprint density at radius 1 is 1.17 bits per heavy atom. The molecular formula is C23H34BrFN2O2. The molecule has 29 heavy (non-hydrogen) atoms. The van der Waals surface area contributed by atoms with Gasteiger partial charge in [0.1, 0.15) is 12.4 Å². The summed E-state index contributed by atoms with van der Waals surface area (Å²) in [5, 5.41) is 3.08. The predicted octanol–water partition coefficient (Wildman–Crippen LogP) is 4.55. The number of carbonyl (C=O) groups excluding carboxylic acids is 1. The lowest BCUT2D eigenvalue weighted by molar-refractivity contribution is -0.125. The second-order valence-corrected chi connectivity index (χ2v) is 9.59. The minimum Gasteiger partial charge on any atom is -0.375 e. The molecule has 6 heteroatoms. The summed E-state index contributed by atoms with van der Waals surface area (Å²) in [5.41, 5.74) is 1.10. The molecule has 1 saturated carbocycles. The predicted molar refractivity (Wildman–Crippen MR) is 117 cm³/mol. The maximum Gasteiger partial charge on any atom is 0.246 e. The van der Waals surface area contributed by atoms with E-state index in [1.807, 2.05) is 6.07 Å². The number of methoxy groups -OCH3 is 1. The number of rotatable bonds is 8. The van der Waals surface area contributed by atoms with Gasteiger partial charge < -0.3 is 15.0 Å². The Morgan fingerprint density at radius 2 is 1.90 bits per heavy atom. The van der Waals surface area contributed by atoms with E-state index in [2.05, 4.69) is 26.1 Å². The molecule has 1 aromatic rings. The molecular weight excluding hydrogens is 435 g/mol. The van der Waals surface area contributed by atoms with Crippen molar-refractivity contribution in [3.8, 4) is 0 Å². The Bertz CT molecular complexity index is 656. The molecule has 0 unspecified atom stereocenters. The number of piperidine rings is 1. The third-order valence-electron chi connectivity index (χ3n) is 6.56. The first-order valence-electron chi connectivity index (χ1n) is 11.0. The van der Waals surface area contributed by atoms with Gasteiger partial charge >= 0.3 is 0 Å². The Kier molecular flexibility index (Phi) is 8.94. The van der Waals surface area contributed by atoms with Crippen molar-refractivity contribution in [1.82, 2.24) is 10.2 Å². The smallest absolute Gasteiger partial charge is 0.246 e. The number of nitrogens with one attached hydrogen (secondary N) is 1. The van der Waals surface area contributed by atoms with Gasteiger partial charge in [0, 0.05) is 17.6 Å². The van der Waals surface area contributed by atoms with Crippen molar-refractivity contribution in [1.29, 1.82) is 0 Å². The topological polar surface area (TPSA) is 41.6 Å². The highest BCUT2D eigenvalue weighted by Gasteiger charge is 2.24. The highest BCUT2D eigenvalue weighted by atomic mass is 79.9. The molecule has 1 saturated heterocycles. The summed E-state index contributed by atoms with van der Waals surface area (Å²) in [7, 11) is 1.56. The van der Waals surface area contributed by atoms with Crippen LogP contribution >= 0.6 is 15.9 Å². The zero-order chi connectivity index (χ0) is 20.6. The van der Waals surface area contributed by atoms with Gasteiger partial charge in [-0.25, -0.2) is 4.39 Å². The molecule has 0 bridgehead atoms. The molecule has 0 aromatic heterocycles. The molecule has 1 N–H and O–H groups in total. The second-order valence-electron chi connectivity index (χ2n) is 8.73. The molecule has 1 aliphatic carbocycles. The van der Waals surface area contributed by atoms with E-state index in [4.69, 9.17) is 4.74 Å². The molecule has 1 amide bonds. The number of halogens is 2. The van der Waals surface area contributed by atoms with Gasteiger partial charge in [-0.1, -0.05) is 15.9 Å². The van der Waals surface area contributed by atoms with E-state index >= 15 is 0 Å². The van der Waals surface area contributed by atoms with Crippen LogP contribution < -0.4 is 5.32 Å². The van der Waals surface area contributed by atoms with Crippen molar-refractivity contribution >= 4 is 21.8 Å². The Hall–Kier alpha value is -0.980. The SMILES string of the molecule is COCC(=O)N[C@H]1CC[C@H](CCN2CCC(Cc3cc(F)ccc3Br)CC2)CC1. The lowest BCUT2D eigenvalue weighted by atomic mass is 9.83. The third kappa shape index (κ3) is 7.34. The number of nitrogens with zero attached hydrogens (tertiary/aromatic N) is 1. The lowest BCUT2D eigenvalue weighted by Crippen LogP contribution is -2.40. The summed E-state index contributed by atoms with van der Waals surface area (Å²) >= 11 is 3.56.